The van der Waals surface area contributed by atoms with Gasteiger partial charge in [-0.05, 0) is 13.0 Å². The molecule has 0 fully saturated rings. The summed E-state index contributed by atoms with van der Waals surface area (Å²) in [6.45, 7) is 0.495. The predicted molar refractivity (Wildman–Crippen MR) is 46.3 cm³/mol. The van der Waals surface area contributed by atoms with Gasteiger partial charge in [-0.2, -0.15) is 13.2 Å². The van der Waals surface area contributed by atoms with Gasteiger partial charge in [0.2, 0.25) is 0 Å². The third-order valence-electron chi connectivity index (χ3n) is 1.79. The topological polar surface area (TPSA) is 42.4 Å². The van der Waals surface area contributed by atoms with E-state index in [1.54, 1.807) is 0 Å². The van der Waals surface area contributed by atoms with Gasteiger partial charge in [-0.15, -0.1) is 0 Å². The Hall–Kier alpha value is -1.30. The van der Waals surface area contributed by atoms with Gasteiger partial charge in [0.25, 0.3) is 0 Å². The molecular weight excluding hydrogens is 211 g/mol. The highest BCUT2D eigenvalue weighted by Gasteiger charge is 2.38. The molecule has 0 saturated carbocycles. The molecule has 3 nitrogen and oxygen atoms in total. The van der Waals surface area contributed by atoms with Gasteiger partial charge in [0.05, 0.1) is 6.61 Å². The fourth-order valence-electron chi connectivity index (χ4n) is 0.905. The number of ether oxygens (including phenoxy) is 1. The molecule has 1 heterocycles. The van der Waals surface area contributed by atoms with Crippen molar-refractivity contribution in [2.75, 3.05) is 0 Å². The lowest BCUT2D eigenvalue weighted by Crippen LogP contribution is -2.31. The van der Waals surface area contributed by atoms with E-state index in [9.17, 15) is 13.2 Å². The molecule has 15 heavy (non-hydrogen) atoms. The molecule has 0 spiro atoms. The van der Waals surface area contributed by atoms with Crippen molar-refractivity contribution in [2.24, 2.45) is 0 Å². The normalized spacial score (nSPS) is 13.7. The number of rotatable bonds is 3. The Morgan fingerprint density at radius 3 is 2.73 bits per heavy atom. The highest BCUT2D eigenvalue weighted by atomic mass is 19.4. The van der Waals surface area contributed by atoms with Gasteiger partial charge in [0.15, 0.2) is 6.10 Å². The van der Waals surface area contributed by atoms with Crippen molar-refractivity contribution in [3.63, 3.8) is 0 Å². The number of aromatic nitrogens is 1. The van der Waals surface area contributed by atoms with Gasteiger partial charge in [0.1, 0.15) is 5.75 Å². The summed E-state index contributed by atoms with van der Waals surface area (Å²) in [7, 11) is 0. The first kappa shape index (κ1) is 11.8. The molecular formula is C9H10F3NO2. The molecule has 1 atom stereocenters. The van der Waals surface area contributed by atoms with Crippen molar-refractivity contribution in [3.05, 3.63) is 24.0 Å². The zero-order valence-electron chi connectivity index (χ0n) is 7.95. The van der Waals surface area contributed by atoms with Crippen LogP contribution in [0.4, 0.5) is 13.2 Å². The van der Waals surface area contributed by atoms with E-state index in [4.69, 9.17) is 5.11 Å². The van der Waals surface area contributed by atoms with Crippen LogP contribution < -0.4 is 4.74 Å². The van der Waals surface area contributed by atoms with Crippen LogP contribution in [0.3, 0.4) is 0 Å². The molecule has 1 aromatic heterocycles. The third-order valence-corrected chi connectivity index (χ3v) is 1.79. The molecule has 84 valence electrons. The van der Waals surface area contributed by atoms with Crippen molar-refractivity contribution in [2.45, 2.75) is 25.8 Å². The van der Waals surface area contributed by atoms with Crippen LogP contribution in [0.15, 0.2) is 18.5 Å². The smallest absolute Gasteiger partial charge is 0.425 e. The molecule has 0 aromatic carbocycles. The van der Waals surface area contributed by atoms with E-state index >= 15 is 0 Å². The van der Waals surface area contributed by atoms with Crippen LogP contribution in [-0.2, 0) is 6.61 Å². The Balaban J connectivity index is 2.80. The van der Waals surface area contributed by atoms with Crippen LogP contribution in [0.25, 0.3) is 0 Å². The zero-order chi connectivity index (χ0) is 11.5. The average molecular weight is 221 g/mol. The third kappa shape index (κ3) is 3.09. The summed E-state index contributed by atoms with van der Waals surface area (Å²) in [6.07, 6.45) is -3.77. The number of hydrogen-bond donors (Lipinski definition) is 1. The molecule has 0 saturated heterocycles. The molecule has 0 aliphatic carbocycles. The number of nitrogens with zero attached hydrogens (tertiary/aromatic N) is 1. The largest absolute Gasteiger partial charge is 0.481 e. The van der Waals surface area contributed by atoms with Gasteiger partial charge in [-0.25, -0.2) is 0 Å². The van der Waals surface area contributed by atoms with E-state index in [0.29, 0.717) is 0 Å². The molecule has 6 heteroatoms. The molecule has 0 bridgehead atoms. The summed E-state index contributed by atoms with van der Waals surface area (Å²) in [5, 5.41) is 8.83. The monoisotopic (exact) mass is 221 g/mol. The first-order valence-electron chi connectivity index (χ1n) is 4.22. The van der Waals surface area contributed by atoms with Crippen molar-refractivity contribution in [1.82, 2.24) is 4.98 Å². The molecule has 1 aromatic rings. The van der Waals surface area contributed by atoms with E-state index in [0.717, 1.165) is 6.92 Å². The van der Waals surface area contributed by atoms with Crippen LogP contribution in [0.1, 0.15) is 12.5 Å². The Morgan fingerprint density at radius 2 is 2.20 bits per heavy atom. The average Bonchev–Trinajstić information content (AvgIpc) is 2.17. The molecule has 1 rings (SSSR count). The maximum absolute atomic E-state index is 12.2. The van der Waals surface area contributed by atoms with Gasteiger partial charge >= 0.3 is 6.18 Å². The van der Waals surface area contributed by atoms with Crippen LogP contribution in [-0.4, -0.2) is 22.4 Å². The molecule has 0 aliphatic heterocycles. The fraction of sp³-hybridized carbons (Fsp3) is 0.444. The molecule has 0 radical (unpaired) electrons. The lowest BCUT2D eigenvalue weighted by Gasteiger charge is -2.18. The quantitative estimate of drug-likeness (QED) is 0.847. The van der Waals surface area contributed by atoms with Gasteiger partial charge in [0, 0.05) is 18.0 Å². The summed E-state index contributed by atoms with van der Waals surface area (Å²) in [6, 6.07) is 1.29. The summed E-state index contributed by atoms with van der Waals surface area (Å²) in [4.78, 5) is 3.66. The number of aliphatic hydroxyl groups is 1. The minimum atomic E-state index is -4.42. The Kier molecular flexibility index (Phi) is 3.52. The van der Waals surface area contributed by atoms with Crippen LogP contribution in [0.2, 0.25) is 0 Å². The number of hydrogen-bond acceptors (Lipinski definition) is 3. The van der Waals surface area contributed by atoms with Gasteiger partial charge in [-0.3, -0.25) is 4.98 Å². The number of alkyl halides is 3. The summed E-state index contributed by atoms with van der Waals surface area (Å²) >= 11 is 0. The standard InChI is InChI=1S/C9H10F3NO2/c1-6(9(10,11)12)15-8-2-3-13-4-7(8)5-14/h2-4,6,14H,5H2,1H3. The number of halogens is 3. The second-order valence-electron chi connectivity index (χ2n) is 2.94. The van der Waals surface area contributed by atoms with Crippen molar-refractivity contribution in [1.29, 1.82) is 0 Å². The SMILES string of the molecule is CC(Oc1ccncc1CO)C(F)(F)F. The lowest BCUT2D eigenvalue weighted by atomic mass is 10.2. The van der Waals surface area contributed by atoms with E-state index in [1.165, 1.54) is 18.5 Å². The highest BCUT2D eigenvalue weighted by Crippen LogP contribution is 2.26. The van der Waals surface area contributed by atoms with Crippen LogP contribution in [0.5, 0.6) is 5.75 Å². The Bertz CT molecular complexity index is 327. The first-order valence-corrected chi connectivity index (χ1v) is 4.22. The van der Waals surface area contributed by atoms with E-state index < -0.39 is 18.9 Å². The van der Waals surface area contributed by atoms with Crippen LogP contribution in [0, 0.1) is 0 Å². The minimum Gasteiger partial charge on any atom is -0.481 e. The molecule has 1 N–H and O–H groups in total. The summed E-state index contributed by atoms with van der Waals surface area (Å²) in [5.41, 5.74) is 0.230. The van der Waals surface area contributed by atoms with Gasteiger partial charge in [-0.1, -0.05) is 0 Å². The molecule has 0 aliphatic rings. The second kappa shape index (κ2) is 4.48. The van der Waals surface area contributed by atoms with E-state index in [1.807, 2.05) is 0 Å². The highest BCUT2D eigenvalue weighted by molar-refractivity contribution is 5.29. The van der Waals surface area contributed by atoms with E-state index in [2.05, 4.69) is 9.72 Å². The molecule has 1 unspecified atom stereocenters. The van der Waals surface area contributed by atoms with E-state index in [-0.39, 0.29) is 11.3 Å². The van der Waals surface area contributed by atoms with Gasteiger partial charge < -0.3 is 9.84 Å². The Morgan fingerprint density at radius 1 is 1.53 bits per heavy atom. The van der Waals surface area contributed by atoms with Crippen molar-refractivity contribution < 1.29 is 23.0 Å². The first-order chi connectivity index (χ1) is 6.95. The van der Waals surface area contributed by atoms with Crippen LogP contribution >= 0.6 is 0 Å². The maximum atomic E-state index is 12.2. The molecule has 0 amide bonds. The van der Waals surface area contributed by atoms with Crippen molar-refractivity contribution in [3.8, 4) is 5.75 Å². The number of pyridine rings is 1. The summed E-state index contributed by atoms with van der Waals surface area (Å²) in [5.74, 6) is -0.00248. The number of aliphatic hydroxyl groups excluding tert-OH is 1. The summed E-state index contributed by atoms with van der Waals surface area (Å²) < 4.78 is 41.2. The predicted octanol–water partition coefficient (Wildman–Crippen LogP) is 1.90. The zero-order valence-corrected chi connectivity index (χ0v) is 7.95. The Labute approximate surface area is 84.5 Å². The fourth-order valence-corrected chi connectivity index (χ4v) is 0.905. The maximum Gasteiger partial charge on any atom is 0.425 e. The van der Waals surface area contributed by atoms with Crippen molar-refractivity contribution >= 4 is 0 Å². The minimum absolute atomic E-state index is 0.00248. The lowest BCUT2D eigenvalue weighted by molar-refractivity contribution is -0.189. The second-order valence-corrected chi connectivity index (χ2v) is 2.94.